The molecule has 0 aromatic heterocycles. The van der Waals surface area contributed by atoms with Crippen LogP contribution >= 0.6 is 0 Å². The molecule has 0 saturated carbocycles. The molecule has 5 N–H and O–H groups in total. The number of carbonyl (C=O) groups excluding carboxylic acids is 2. The van der Waals surface area contributed by atoms with Crippen LogP contribution in [0.2, 0.25) is 0 Å². The Balaban J connectivity index is 3.51. The van der Waals surface area contributed by atoms with Crippen LogP contribution in [0.5, 0.6) is 0 Å². The number of urea groups is 1. The van der Waals surface area contributed by atoms with Gasteiger partial charge < -0.3 is 21.5 Å². The summed E-state index contributed by atoms with van der Waals surface area (Å²) in [6.45, 7) is 2.76. The molecule has 0 aliphatic rings. The summed E-state index contributed by atoms with van der Waals surface area (Å²) in [6, 6.07) is -1.62. The number of hydrogen-bond acceptors (Lipinski definition) is 3. The monoisotopic (exact) mass is 385 g/mol. The van der Waals surface area contributed by atoms with Crippen molar-refractivity contribution in [3.8, 4) is 0 Å². The largest absolute Gasteiger partial charge is 0.480 e. The summed E-state index contributed by atoms with van der Waals surface area (Å²) in [5, 5.41) is 14.0. The number of nitrogens with one attached hydrogen (secondary N) is 2. The highest BCUT2D eigenvalue weighted by Crippen LogP contribution is 2.11. The number of rotatable bonds is 18. The highest BCUT2D eigenvalue weighted by atomic mass is 16.4. The van der Waals surface area contributed by atoms with Gasteiger partial charge in [-0.1, -0.05) is 77.6 Å². The van der Waals surface area contributed by atoms with E-state index in [4.69, 9.17) is 10.8 Å². The summed E-state index contributed by atoms with van der Waals surface area (Å²) >= 11 is 0. The van der Waals surface area contributed by atoms with Crippen molar-refractivity contribution >= 4 is 17.9 Å². The molecule has 0 aromatic carbocycles. The van der Waals surface area contributed by atoms with E-state index in [-0.39, 0.29) is 12.8 Å². The van der Waals surface area contributed by atoms with Gasteiger partial charge in [0.05, 0.1) is 0 Å². The average molecular weight is 386 g/mol. The lowest BCUT2D eigenvalue weighted by molar-refractivity contribution is -0.139. The third-order valence-electron chi connectivity index (χ3n) is 4.60. The predicted octanol–water partition coefficient (Wildman–Crippen LogP) is 3.71. The second-order valence-electron chi connectivity index (χ2n) is 7.19. The number of primary amides is 1. The minimum atomic E-state index is -1.17. The fourth-order valence-corrected chi connectivity index (χ4v) is 2.92. The lowest BCUT2D eigenvalue weighted by atomic mass is 10.1. The first-order valence-corrected chi connectivity index (χ1v) is 10.5. The van der Waals surface area contributed by atoms with Gasteiger partial charge in [-0.25, -0.2) is 9.59 Å². The number of carbonyl (C=O) groups is 3. The molecule has 0 fully saturated rings. The molecular weight excluding hydrogens is 346 g/mol. The quantitative estimate of drug-likeness (QED) is 0.269. The zero-order chi connectivity index (χ0) is 20.3. The normalized spacial score (nSPS) is 11.7. The molecule has 0 heterocycles. The van der Waals surface area contributed by atoms with Crippen LogP contribution in [0.15, 0.2) is 0 Å². The maximum atomic E-state index is 11.7. The molecule has 0 aromatic rings. The molecule has 27 heavy (non-hydrogen) atoms. The van der Waals surface area contributed by atoms with Crippen LogP contribution < -0.4 is 16.4 Å². The van der Waals surface area contributed by atoms with E-state index in [1.807, 2.05) is 0 Å². The van der Waals surface area contributed by atoms with E-state index in [1.165, 1.54) is 57.8 Å². The van der Waals surface area contributed by atoms with Gasteiger partial charge in [0.15, 0.2) is 0 Å². The minimum Gasteiger partial charge on any atom is -0.480 e. The van der Waals surface area contributed by atoms with Crippen LogP contribution in [0.4, 0.5) is 4.79 Å². The number of unbranched alkanes of at least 4 members (excludes halogenated alkanes) is 11. The molecule has 0 unspecified atom stereocenters. The summed E-state index contributed by atoms with van der Waals surface area (Å²) in [5.74, 6) is -1.75. The Kier molecular flexibility index (Phi) is 16.4. The summed E-state index contributed by atoms with van der Waals surface area (Å²) in [7, 11) is 0. The van der Waals surface area contributed by atoms with Crippen LogP contribution in [-0.2, 0) is 9.59 Å². The number of amides is 3. The van der Waals surface area contributed by atoms with Crippen LogP contribution in [0.3, 0.4) is 0 Å². The van der Waals surface area contributed by atoms with Gasteiger partial charge in [0.1, 0.15) is 6.04 Å². The SMILES string of the molecule is CCCCCCCCCCCCCCNC(=O)N[C@@H](CCC(N)=O)C(=O)O. The lowest BCUT2D eigenvalue weighted by Crippen LogP contribution is -2.46. The van der Waals surface area contributed by atoms with Crippen molar-refractivity contribution in [1.29, 1.82) is 0 Å². The Morgan fingerprint density at radius 1 is 0.852 bits per heavy atom. The van der Waals surface area contributed by atoms with Crippen LogP contribution in [-0.4, -0.2) is 35.6 Å². The first-order chi connectivity index (χ1) is 13.0. The van der Waals surface area contributed by atoms with Gasteiger partial charge in [-0.2, -0.15) is 0 Å². The Morgan fingerprint density at radius 3 is 1.78 bits per heavy atom. The minimum absolute atomic E-state index is 0.00328. The second-order valence-corrected chi connectivity index (χ2v) is 7.19. The molecule has 0 aliphatic carbocycles. The van der Waals surface area contributed by atoms with Crippen molar-refractivity contribution in [3.05, 3.63) is 0 Å². The van der Waals surface area contributed by atoms with Crippen LogP contribution in [0.1, 0.15) is 96.8 Å². The third-order valence-corrected chi connectivity index (χ3v) is 4.60. The number of hydrogen-bond donors (Lipinski definition) is 4. The standard InChI is InChI=1S/C20H39N3O4/c1-2-3-4-5-6-7-8-9-10-11-12-13-16-22-20(27)23-17(19(25)26)14-15-18(21)24/h17H,2-16H2,1H3,(H2,21,24)(H,25,26)(H2,22,23,27)/t17-/m0/s1. The molecule has 0 saturated heterocycles. The fourth-order valence-electron chi connectivity index (χ4n) is 2.92. The van der Waals surface area contributed by atoms with Crippen molar-refractivity contribution in [3.63, 3.8) is 0 Å². The number of carboxylic acid groups (broad SMARTS) is 1. The molecule has 7 heteroatoms. The molecule has 7 nitrogen and oxygen atoms in total. The summed E-state index contributed by atoms with van der Waals surface area (Å²) in [4.78, 5) is 33.5. The van der Waals surface area contributed by atoms with Gasteiger partial charge in [-0.05, 0) is 12.8 Å². The van der Waals surface area contributed by atoms with Crippen LogP contribution in [0, 0.1) is 0 Å². The fraction of sp³-hybridized carbons (Fsp3) is 0.850. The van der Waals surface area contributed by atoms with Crippen molar-refractivity contribution in [2.45, 2.75) is 103 Å². The molecule has 0 radical (unpaired) electrons. The lowest BCUT2D eigenvalue weighted by Gasteiger charge is -2.14. The first kappa shape index (κ1) is 25.2. The molecule has 0 bridgehead atoms. The smallest absolute Gasteiger partial charge is 0.326 e. The average Bonchev–Trinajstić information content (AvgIpc) is 2.62. The van der Waals surface area contributed by atoms with Crippen molar-refractivity contribution in [2.75, 3.05) is 6.54 Å². The van der Waals surface area contributed by atoms with E-state index in [1.54, 1.807) is 0 Å². The van der Waals surface area contributed by atoms with Gasteiger partial charge in [0.25, 0.3) is 0 Å². The second kappa shape index (κ2) is 17.6. The van der Waals surface area contributed by atoms with Gasteiger partial charge in [-0.15, -0.1) is 0 Å². The molecule has 1 atom stereocenters. The number of aliphatic carboxylic acids is 1. The van der Waals surface area contributed by atoms with Crippen molar-refractivity contribution < 1.29 is 19.5 Å². The highest BCUT2D eigenvalue weighted by molar-refractivity contribution is 5.83. The van der Waals surface area contributed by atoms with Crippen LogP contribution in [0.25, 0.3) is 0 Å². The maximum Gasteiger partial charge on any atom is 0.326 e. The predicted molar refractivity (Wildman–Crippen MR) is 107 cm³/mol. The Hall–Kier alpha value is -1.79. The van der Waals surface area contributed by atoms with Crippen molar-refractivity contribution in [1.82, 2.24) is 10.6 Å². The van der Waals surface area contributed by atoms with E-state index >= 15 is 0 Å². The molecule has 158 valence electrons. The van der Waals surface area contributed by atoms with Gasteiger partial charge >= 0.3 is 12.0 Å². The van der Waals surface area contributed by atoms with E-state index < -0.39 is 23.9 Å². The van der Waals surface area contributed by atoms with Gasteiger partial charge in [-0.3, -0.25) is 4.79 Å². The van der Waals surface area contributed by atoms with Gasteiger partial charge in [0, 0.05) is 13.0 Å². The molecule has 3 amide bonds. The Labute approximate surface area is 163 Å². The highest BCUT2D eigenvalue weighted by Gasteiger charge is 2.20. The molecule has 0 rings (SSSR count). The Bertz CT molecular complexity index is 416. The summed E-state index contributed by atoms with van der Waals surface area (Å²) < 4.78 is 0. The molecular formula is C20H39N3O4. The summed E-state index contributed by atoms with van der Waals surface area (Å²) in [6.07, 6.45) is 14.9. The molecule has 0 spiro atoms. The van der Waals surface area contributed by atoms with Gasteiger partial charge in [0.2, 0.25) is 5.91 Å². The van der Waals surface area contributed by atoms with E-state index in [9.17, 15) is 14.4 Å². The van der Waals surface area contributed by atoms with Crippen molar-refractivity contribution in [2.24, 2.45) is 5.73 Å². The number of nitrogens with two attached hydrogens (primary N) is 1. The summed E-state index contributed by atoms with van der Waals surface area (Å²) in [5.41, 5.74) is 5.00. The number of carboxylic acids is 1. The van der Waals surface area contributed by atoms with E-state index in [2.05, 4.69) is 17.6 Å². The first-order valence-electron chi connectivity index (χ1n) is 10.5. The zero-order valence-electron chi connectivity index (χ0n) is 16.9. The Morgan fingerprint density at radius 2 is 1.33 bits per heavy atom. The zero-order valence-corrected chi connectivity index (χ0v) is 16.9. The topological polar surface area (TPSA) is 122 Å². The maximum absolute atomic E-state index is 11.7. The third kappa shape index (κ3) is 17.4. The van der Waals surface area contributed by atoms with E-state index in [0.29, 0.717) is 6.54 Å². The van der Waals surface area contributed by atoms with E-state index in [0.717, 1.165) is 19.3 Å². The molecule has 0 aliphatic heterocycles.